The zero-order chi connectivity index (χ0) is 12.2. The van der Waals surface area contributed by atoms with Crippen LogP contribution in [-0.2, 0) is 6.54 Å². The molecule has 1 rings (SSSR count). The van der Waals surface area contributed by atoms with Crippen molar-refractivity contribution in [1.82, 2.24) is 15.5 Å². The van der Waals surface area contributed by atoms with E-state index in [1.165, 1.54) is 0 Å². The number of nitrogens with one attached hydrogen (secondary N) is 1. The van der Waals surface area contributed by atoms with E-state index in [1.807, 2.05) is 18.9 Å². The van der Waals surface area contributed by atoms with Crippen molar-refractivity contribution in [1.29, 1.82) is 0 Å². The Balaban J connectivity index is 2.70. The second kappa shape index (κ2) is 5.30. The molecule has 1 aromatic rings. The lowest BCUT2D eigenvalue weighted by Crippen LogP contribution is -2.40. The first-order valence-corrected chi connectivity index (χ1v) is 5.78. The van der Waals surface area contributed by atoms with E-state index < -0.39 is 0 Å². The molecule has 5 heteroatoms. The molecular weight excluding hydrogens is 204 g/mol. The molecule has 0 bridgehead atoms. The molecule has 0 unspecified atom stereocenters. The second-order valence-electron chi connectivity index (χ2n) is 4.48. The molecule has 0 fully saturated rings. The summed E-state index contributed by atoms with van der Waals surface area (Å²) in [6.07, 6.45) is 1.02. The molecule has 5 nitrogen and oxygen atoms in total. The zero-order valence-corrected chi connectivity index (χ0v) is 10.9. The lowest BCUT2D eigenvalue weighted by atomic mass is 10.0. The van der Waals surface area contributed by atoms with Crippen LogP contribution in [0, 0.1) is 0 Å². The van der Waals surface area contributed by atoms with E-state index in [0.29, 0.717) is 18.5 Å². The van der Waals surface area contributed by atoms with Crippen molar-refractivity contribution in [2.24, 2.45) is 0 Å². The maximum atomic E-state index is 5.58. The van der Waals surface area contributed by atoms with Gasteiger partial charge in [0.2, 0.25) is 5.89 Å². The molecule has 0 radical (unpaired) electrons. The van der Waals surface area contributed by atoms with E-state index in [2.05, 4.69) is 36.3 Å². The monoisotopic (exact) mass is 226 g/mol. The van der Waals surface area contributed by atoms with Gasteiger partial charge in [-0.2, -0.15) is 0 Å². The van der Waals surface area contributed by atoms with E-state index >= 15 is 0 Å². The van der Waals surface area contributed by atoms with Gasteiger partial charge in [-0.25, -0.2) is 0 Å². The van der Waals surface area contributed by atoms with Crippen molar-refractivity contribution in [3.05, 3.63) is 5.89 Å². The molecule has 0 spiro atoms. The number of hydrogen-bond acceptors (Lipinski definition) is 5. The molecule has 0 saturated carbocycles. The van der Waals surface area contributed by atoms with Gasteiger partial charge >= 0.3 is 6.01 Å². The van der Waals surface area contributed by atoms with Crippen LogP contribution in [-0.4, -0.2) is 29.3 Å². The van der Waals surface area contributed by atoms with Gasteiger partial charge in [0.05, 0.1) is 6.54 Å². The van der Waals surface area contributed by atoms with Crippen LogP contribution in [0.25, 0.3) is 0 Å². The summed E-state index contributed by atoms with van der Waals surface area (Å²) in [5.41, 5.74) is 0.0298. The maximum absolute atomic E-state index is 5.58. The summed E-state index contributed by atoms with van der Waals surface area (Å²) in [6.45, 7) is 10.0. The van der Waals surface area contributed by atoms with Gasteiger partial charge in [-0.15, -0.1) is 5.10 Å². The number of rotatable bonds is 6. The van der Waals surface area contributed by atoms with Crippen molar-refractivity contribution in [2.45, 2.75) is 46.2 Å². The first-order chi connectivity index (χ1) is 7.51. The van der Waals surface area contributed by atoms with Gasteiger partial charge in [0.15, 0.2) is 0 Å². The van der Waals surface area contributed by atoms with Crippen molar-refractivity contribution < 1.29 is 4.42 Å². The maximum Gasteiger partial charge on any atom is 0.318 e. The van der Waals surface area contributed by atoms with Gasteiger partial charge in [0, 0.05) is 12.6 Å². The van der Waals surface area contributed by atoms with E-state index in [-0.39, 0.29) is 5.54 Å². The van der Waals surface area contributed by atoms with Crippen LogP contribution < -0.4 is 10.2 Å². The molecule has 1 aromatic heterocycles. The summed E-state index contributed by atoms with van der Waals surface area (Å²) < 4.78 is 5.58. The summed E-state index contributed by atoms with van der Waals surface area (Å²) in [4.78, 5) is 2.02. The number of nitrogens with zero attached hydrogens (tertiary/aromatic N) is 3. The van der Waals surface area contributed by atoms with E-state index in [0.717, 1.165) is 13.0 Å². The molecule has 92 valence electrons. The molecular formula is C11H22N4O. The highest BCUT2D eigenvalue weighted by Gasteiger charge is 2.25. The Labute approximate surface area is 97.2 Å². The molecule has 1 N–H and O–H groups in total. The van der Waals surface area contributed by atoms with Crippen LogP contribution in [0.4, 0.5) is 6.01 Å². The summed E-state index contributed by atoms with van der Waals surface area (Å²) in [5.74, 6) is 0.635. The summed E-state index contributed by atoms with van der Waals surface area (Å²) in [6, 6.07) is 0.583. The molecule has 0 aliphatic carbocycles. The summed E-state index contributed by atoms with van der Waals surface area (Å²) in [7, 11) is 1.98. The van der Waals surface area contributed by atoms with Gasteiger partial charge < -0.3 is 14.6 Å². The van der Waals surface area contributed by atoms with Crippen molar-refractivity contribution in [3.63, 3.8) is 0 Å². The number of aromatic nitrogens is 2. The number of anilines is 1. The SMILES string of the molecule is CCNCc1nnc(N(C)C(C)(C)CC)o1. The van der Waals surface area contributed by atoms with Crippen LogP contribution in [0.15, 0.2) is 4.42 Å². The van der Waals surface area contributed by atoms with Crippen molar-refractivity contribution in [2.75, 3.05) is 18.5 Å². The zero-order valence-electron chi connectivity index (χ0n) is 10.9. The van der Waals surface area contributed by atoms with Crippen LogP contribution in [0.3, 0.4) is 0 Å². The fourth-order valence-electron chi connectivity index (χ4n) is 1.18. The Morgan fingerprint density at radius 2 is 2.00 bits per heavy atom. The van der Waals surface area contributed by atoms with Gasteiger partial charge in [-0.1, -0.05) is 18.9 Å². The fraction of sp³-hybridized carbons (Fsp3) is 0.818. The van der Waals surface area contributed by atoms with Crippen LogP contribution in [0.5, 0.6) is 0 Å². The summed E-state index contributed by atoms with van der Waals surface area (Å²) >= 11 is 0. The van der Waals surface area contributed by atoms with E-state index in [9.17, 15) is 0 Å². The third kappa shape index (κ3) is 2.95. The Morgan fingerprint density at radius 1 is 1.31 bits per heavy atom. The molecule has 0 atom stereocenters. The predicted molar refractivity (Wildman–Crippen MR) is 64.5 cm³/mol. The molecule has 1 heterocycles. The van der Waals surface area contributed by atoms with E-state index in [4.69, 9.17) is 4.42 Å². The smallest absolute Gasteiger partial charge is 0.318 e. The first kappa shape index (κ1) is 13.0. The lowest BCUT2D eigenvalue weighted by Gasteiger charge is -2.32. The normalized spacial score (nSPS) is 11.8. The van der Waals surface area contributed by atoms with Gasteiger partial charge in [0.1, 0.15) is 0 Å². The van der Waals surface area contributed by atoms with Crippen LogP contribution >= 0.6 is 0 Å². The molecule has 0 aromatic carbocycles. The quantitative estimate of drug-likeness (QED) is 0.801. The molecule has 0 aliphatic heterocycles. The molecule has 16 heavy (non-hydrogen) atoms. The van der Waals surface area contributed by atoms with Crippen molar-refractivity contribution in [3.8, 4) is 0 Å². The minimum absolute atomic E-state index is 0.0298. The largest absolute Gasteiger partial charge is 0.407 e. The van der Waals surface area contributed by atoms with E-state index in [1.54, 1.807) is 0 Å². The Kier molecular flexibility index (Phi) is 4.29. The first-order valence-electron chi connectivity index (χ1n) is 5.78. The highest BCUT2D eigenvalue weighted by Crippen LogP contribution is 2.23. The topological polar surface area (TPSA) is 54.2 Å². The number of hydrogen-bond donors (Lipinski definition) is 1. The van der Waals surface area contributed by atoms with Gasteiger partial charge in [-0.05, 0) is 26.8 Å². The standard InChI is InChI=1S/C11H22N4O/c1-6-11(3,4)15(5)10-14-13-9(16-10)8-12-7-2/h12H,6-8H2,1-5H3. The highest BCUT2D eigenvalue weighted by molar-refractivity contribution is 5.27. The minimum atomic E-state index is 0.0298. The Hall–Kier alpha value is -1.10. The Morgan fingerprint density at radius 3 is 2.56 bits per heavy atom. The third-order valence-electron chi connectivity index (χ3n) is 3.04. The predicted octanol–water partition coefficient (Wildman–Crippen LogP) is 1.80. The van der Waals surface area contributed by atoms with Crippen molar-refractivity contribution >= 4 is 6.01 Å². The highest BCUT2D eigenvalue weighted by atomic mass is 16.4. The minimum Gasteiger partial charge on any atom is -0.407 e. The van der Waals surface area contributed by atoms with Gasteiger partial charge in [0.25, 0.3) is 0 Å². The fourth-order valence-corrected chi connectivity index (χ4v) is 1.18. The van der Waals surface area contributed by atoms with Crippen LogP contribution in [0.1, 0.15) is 40.0 Å². The molecule has 0 amide bonds. The Bertz CT molecular complexity index is 322. The lowest BCUT2D eigenvalue weighted by molar-refractivity contribution is 0.407. The van der Waals surface area contributed by atoms with Crippen LogP contribution in [0.2, 0.25) is 0 Å². The van der Waals surface area contributed by atoms with Gasteiger partial charge in [-0.3, -0.25) is 0 Å². The third-order valence-corrected chi connectivity index (χ3v) is 3.04. The average molecular weight is 226 g/mol. The molecule has 0 aliphatic rings. The second-order valence-corrected chi connectivity index (χ2v) is 4.48. The summed E-state index contributed by atoms with van der Waals surface area (Å²) in [5, 5.41) is 11.2. The average Bonchev–Trinajstić information content (AvgIpc) is 2.73. The molecule has 0 saturated heterocycles.